The fourth-order valence-corrected chi connectivity index (χ4v) is 4.29. The van der Waals surface area contributed by atoms with Gasteiger partial charge in [0.1, 0.15) is 9.71 Å². The van der Waals surface area contributed by atoms with Gasteiger partial charge >= 0.3 is 0 Å². The number of rotatable bonds is 2. The predicted molar refractivity (Wildman–Crippen MR) is 81.8 cm³/mol. The highest BCUT2D eigenvalue weighted by Gasteiger charge is 2.21. The van der Waals surface area contributed by atoms with Crippen LogP contribution in [-0.4, -0.2) is 28.4 Å². The topological polar surface area (TPSA) is 68.0 Å². The molecule has 0 aliphatic carbocycles. The number of nitrogens with zero attached hydrogens (tertiary/aromatic N) is 1. The molecular weight excluding hydrogens is 278 g/mol. The molecule has 0 aromatic carbocycles. The molecule has 4 nitrogen and oxygen atoms in total. The number of nitrogen functional groups attached to an aromatic ring is 1. The van der Waals surface area contributed by atoms with Crippen LogP contribution >= 0.6 is 23.1 Å². The number of pyridine rings is 1. The second-order valence-corrected chi connectivity index (χ2v) is 6.78. The quantitative estimate of drug-likeness (QED) is 0.892. The van der Waals surface area contributed by atoms with Crippen molar-refractivity contribution in [3.05, 3.63) is 23.2 Å². The Kier molecular flexibility index (Phi) is 3.61. The number of anilines is 1. The Morgan fingerprint density at radius 2 is 2.21 bits per heavy atom. The van der Waals surface area contributed by atoms with Gasteiger partial charge in [0.2, 0.25) is 0 Å². The van der Waals surface area contributed by atoms with Gasteiger partial charge in [0.15, 0.2) is 0 Å². The molecular formula is C13H15N3OS2. The maximum atomic E-state index is 12.3. The van der Waals surface area contributed by atoms with Gasteiger partial charge in [-0.25, -0.2) is 4.98 Å². The molecule has 100 valence electrons. The van der Waals surface area contributed by atoms with Crippen molar-refractivity contribution in [2.24, 2.45) is 0 Å². The lowest BCUT2D eigenvalue weighted by molar-refractivity contribution is 0.0940. The number of thioether (sulfide) groups is 1. The number of carbonyl (C=O) groups excluding carboxylic acids is 1. The lowest BCUT2D eigenvalue weighted by atomic mass is 10.1. The molecule has 0 saturated carbocycles. The van der Waals surface area contributed by atoms with E-state index < -0.39 is 0 Å². The highest BCUT2D eigenvalue weighted by molar-refractivity contribution is 7.99. The van der Waals surface area contributed by atoms with Crippen LogP contribution in [0, 0.1) is 0 Å². The van der Waals surface area contributed by atoms with E-state index >= 15 is 0 Å². The van der Waals surface area contributed by atoms with Gasteiger partial charge in [0.05, 0.1) is 5.69 Å². The van der Waals surface area contributed by atoms with Gasteiger partial charge in [-0.15, -0.1) is 11.3 Å². The fourth-order valence-electron chi connectivity index (χ4n) is 2.21. The summed E-state index contributed by atoms with van der Waals surface area (Å²) in [6.07, 6.45) is 3.80. The summed E-state index contributed by atoms with van der Waals surface area (Å²) in [5, 5.41) is 3.96. The van der Waals surface area contributed by atoms with E-state index in [9.17, 15) is 4.79 Å². The molecule has 19 heavy (non-hydrogen) atoms. The molecule has 0 radical (unpaired) electrons. The van der Waals surface area contributed by atoms with Crippen LogP contribution in [0.5, 0.6) is 0 Å². The van der Waals surface area contributed by atoms with Gasteiger partial charge in [-0.05, 0) is 36.5 Å². The van der Waals surface area contributed by atoms with Crippen molar-refractivity contribution in [1.82, 2.24) is 10.3 Å². The maximum absolute atomic E-state index is 12.3. The first kappa shape index (κ1) is 12.7. The summed E-state index contributed by atoms with van der Waals surface area (Å²) < 4.78 is 0. The van der Waals surface area contributed by atoms with Crippen molar-refractivity contribution in [3.63, 3.8) is 0 Å². The predicted octanol–water partition coefficient (Wildman–Crippen LogP) is 2.50. The number of fused-ring (bicyclic) bond motifs is 1. The highest BCUT2D eigenvalue weighted by atomic mass is 32.2. The molecule has 1 aliphatic rings. The van der Waals surface area contributed by atoms with Crippen LogP contribution in [0.3, 0.4) is 0 Å². The number of carbonyl (C=O) groups is 1. The van der Waals surface area contributed by atoms with Gasteiger partial charge in [-0.1, -0.05) is 0 Å². The summed E-state index contributed by atoms with van der Waals surface area (Å²) in [5.74, 6) is 2.18. The summed E-state index contributed by atoms with van der Waals surface area (Å²) in [6.45, 7) is 0. The Labute approximate surface area is 119 Å². The summed E-state index contributed by atoms with van der Waals surface area (Å²) >= 11 is 3.31. The number of nitrogens with one attached hydrogen (secondary N) is 1. The summed E-state index contributed by atoms with van der Waals surface area (Å²) in [6, 6.07) is 4.03. The van der Waals surface area contributed by atoms with Gasteiger partial charge in [-0.2, -0.15) is 11.8 Å². The molecule has 1 aliphatic heterocycles. The number of hydrogen-bond acceptors (Lipinski definition) is 5. The van der Waals surface area contributed by atoms with Crippen molar-refractivity contribution in [2.75, 3.05) is 17.2 Å². The normalized spacial score (nSPS) is 16.6. The fraction of sp³-hybridized carbons (Fsp3) is 0.385. The first-order valence-corrected chi connectivity index (χ1v) is 8.24. The molecule has 1 fully saturated rings. The Balaban J connectivity index is 1.83. The Morgan fingerprint density at radius 1 is 1.42 bits per heavy atom. The molecule has 0 bridgehead atoms. The van der Waals surface area contributed by atoms with E-state index in [1.807, 2.05) is 23.9 Å². The van der Waals surface area contributed by atoms with Crippen molar-refractivity contribution >= 4 is 44.9 Å². The van der Waals surface area contributed by atoms with Gasteiger partial charge in [0.25, 0.3) is 5.91 Å². The molecule has 0 spiro atoms. The average Bonchev–Trinajstić information content (AvgIpc) is 2.78. The Bertz CT molecular complexity index is 605. The minimum absolute atomic E-state index is 0.0580. The van der Waals surface area contributed by atoms with Gasteiger partial charge < -0.3 is 11.1 Å². The molecule has 0 atom stereocenters. The van der Waals surface area contributed by atoms with Crippen molar-refractivity contribution in [2.45, 2.75) is 18.9 Å². The number of hydrogen-bond donors (Lipinski definition) is 2. The van der Waals surface area contributed by atoms with Crippen LogP contribution in [0.2, 0.25) is 0 Å². The molecule has 2 aromatic heterocycles. The minimum Gasteiger partial charge on any atom is -0.397 e. The lowest BCUT2D eigenvalue weighted by Crippen LogP contribution is -2.37. The Hall–Kier alpha value is -1.27. The van der Waals surface area contributed by atoms with Gasteiger partial charge in [-0.3, -0.25) is 4.79 Å². The molecule has 6 heteroatoms. The summed E-state index contributed by atoms with van der Waals surface area (Å²) in [4.78, 5) is 17.9. The first-order valence-electron chi connectivity index (χ1n) is 6.27. The second-order valence-electron chi connectivity index (χ2n) is 4.56. The summed E-state index contributed by atoms with van der Waals surface area (Å²) in [5.41, 5.74) is 6.60. The van der Waals surface area contributed by atoms with Crippen LogP contribution in [0.15, 0.2) is 18.3 Å². The monoisotopic (exact) mass is 293 g/mol. The van der Waals surface area contributed by atoms with E-state index in [1.165, 1.54) is 11.3 Å². The van der Waals surface area contributed by atoms with E-state index in [-0.39, 0.29) is 11.9 Å². The number of aromatic nitrogens is 1. The van der Waals surface area contributed by atoms with E-state index in [0.717, 1.165) is 34.6 Å². The smallest absolute Gasteiger partial charge is 0.263 e. The number of thiophene rings is 1. The van der Waals surface area contributed by atoms with Crippen molar-refractivity contribution in [1.29, 1.82) is 0 Å². The molecule has 2 aromatic rings. The van der Waals surface area contributed by atoms with Crippen LogP contribution in [0.25, 0.3) is 10.2 Å². The minimum atomic E-state index is -0.0580. The third kappa shape index (κ3) is 2.55. The molecule has 0 unspecified atom stereocenters. The van der Waals surface area contributed by atoms with Crippen molar-refractivity contribution < 1.29 is 4.79 Å². The SMILES string of the molecule is Nc1c(C(=O)NC2CCSCC2)sc2ncccc12. The highest BCUT2D eigenvalue weighted by Crippen LogP contribution is 2.32. The zero-order valence-corrected chi connectivity index (χ0v) is 12.0. The molecule has 3 rings (SSSR count). The van der Waals surface area contributed by atoms with E-state index in [2.05, 4.69) is 10.3 Å². The zero-order chi connectivity index (χ0) is 13.2. The third-order valence-electron chi connectivity index (χ3n) is 3.27. The zero-order valence-electron chi connectivity index (χ0n) is 10.4. The van der Waals surface area contributed by atoms with E-state index in [4.69, 9.17) is 5.73 Å². The standard InChI is InChI=1S/C13H15N3OS2/c14-10-9-2-1-5-15-13(9)19-11(10)12(17)16-8-3-6-18-7-4-8/h1-2,5,8H,3-4,6-7,14H2,(H,16,17). The Morgan fingerprint density at radius 3 is 2.95 bits per heavy atom. The molecule has 1 amide bonds. The molecule has 1 saturated heterocycles. The third-order valence-corrected chi connectivity index (χ3v) is 5.44. The van der Waals surface area contributed by atoms with Crippen LogP contribution in [0.4, 0.5) is 5.69 Å². The van der Waals surface area contributed by atoms with Crippen molar-refractivity contribution in [3.8, 4) is 0 Å². The van der Waals surface area contributed by atoms with Crippen LogP contribution in [0.1, 0.15) is 22.5 Å². The first-order chi connectivity index (χ1) is 9.25. The number of amides is 1. The van der Waals surface area contributed by atoms with Crippen LogP contribution in [-0.2, 0) is 0 Å². The molecule has 3 heterocycles. The van der Waals surface area contributed by atoms with E-state index in [1.54, 1.807) is 6.20 Å². The van der Waals surface area contributed by atoms with E-state index in [0.29, 0.717) is 10.6 Å². The largest absolute Gasteiger partial charge is 0.397 e. The summed E-state index contributed by atoms with van der Waals surface area (Å²) in [7, 11) is 0. The second kappa shape index (κ2) is 5.38. The molecule has 3 N–H and O–H groups in total. The average molecular weight is 293 g/mol. The van der Waals surface area contributed by atoms with Crippen LogP contribution < -0.4 is 11.1 Å². The lowest BCUT2D eigenvalue weighted by Gasteiger charge is -2.22. The number of nitrogens with two attached hydrogens (primary N) is 1. The maximum Gasteiger partial charge on any atom is 0.263 e. The van der Waals surface area contributed by atoms with Gasteiger partial charge in [0, 0.05) is 17.6 Å².